The van der Waals surface area contributed by atoms with Gasteiger partial charge in [0.1, 0.15) is 11.7 Å². The van der Waals surface area contributed by atoms with Gasteiger partial charge in [0.25, 0.3) is 0 Å². The summed E-state index contributed by atoms with van der Waals surface area (Å²) >= 11 is 0. The standard InChI is InChI=1S/C18H19N5O3.C10H11N3O.C2H6/c1-19-14-8-12(17(24)25)9-15(10-14)23-18(26)22-13-4-2-11(3-5-13)16-20-6-7-21-16;14-7-13-9-3-1-8(2-4-9)10-11-5-6-12-10;1-2/h2-5,8-10,19H,6-7H2,1H3,(H,20,21)(H,24,25)(H2,22,23,26);1-4,7H,5-6H2,(H,11,12)(H,13,14);1-2H3. The van der Waals surface area contributed by atoms with Gasteiger partial charge in [-0.1, -0.05) is 13.8 Å². The van der Waals surface area contributed by atoms with Gasteiger partial charge >= 0.3 is 12.0 Å². The van der Waals surface area contributed by atoms with E-state index in [4.69, 9.17) is 5.11 Å². The lowest BCUT2D eigenvalue weighted by Crippen LogP contribution is -2.21. The first-order valence-corrected chi connectivity index (χ1v) is 13.6. The summed E-state index contributed by atoms with van der Waals surface area (Å²) in [6, 6.07) is 19.0. The maximum Gasteiger partial charge on any atom is 0.335 e. The minimum atomic E-state index is -1.07. The number of urea groups is 1. The zero-order valence-corrected chi connectivity index (χ0v) is 23.8. The van der Waals surface area contributed by atoms with E-state index in [0.29, 0.717) is 23.5 Å². The van der Waals surface area contributed by atoms with Crippen molar-refractivity contribution in [2.75, 3.05) is 54.5 Å². The van der Waals surface area contributed by atoms with Crippen LogP contribution in [-0.4, -0.2) is 68.4 Å². The predicted molar refractivity (Wildman–Crippen MR) is 168 cm³/mol. The molecule has 3 aromatic rings. The number of carboxylic acids is 1. The van der Waals surface area contributed by atoms with Crippen LogP contribution in [0.4, 0.5) is 27.5 Å². The maximum atomic E-state index is 12.2. The summed E-state index contributed by atoms with van der Waals surface area (Å²) in [5, 5.41) is 26.3. The fourth-order valence-corrected chi connectivity index (χ4v) is 3.95. The molecule has 0 saturated heterocycles. The molecule has 0 saturated carbocycles. The van der Waals surface area contributed by atoms with Gasteiger partial charge in [0.2, 0.25) is 6.41 Å². The second-order valence-electron chi connectivity index (χ2n) is 8.66. The van der Waals surface area contributed by atoms with Gasteiger partial charge < -0.3 is 37.0 Å². The molecule has 0 spiro atoms. The number of aromatic carboxylic acids is 1. The second-order valence-corrected chi connectivity index (χ2v) is 8.66. The summed E-state index contributed by atoms with van der Waals surface area (Å²) in [5.74, 6) is 0.721. The van der Waals surface area contributed by atoms with Crippen LogP contribution >= 0.6 is 0 Å². The number of anilines is 4. The van der Waals surface area contributed by atoms with E-state index in [1.807, 2.05) is 50.2 Å². The Balaban J connectivity index is 0.000000254. The summed E-state index contributed by atoms with van der Waals surface area (Å²) in [6.07, 6.45) is 0.667. The Labute approximate surface area is 244 Å². The molecule has 0 aromatic heterocycles. The monoisotopic (exact) mass is 572 g/mol. The quantitative estimate of drug-likeness (QED) is 0.200. The molecule has 0 bridgehead atoms. The van der Waals surface area contributed by atoms with Crippen LogP contribution in [0, 0.1) is 0 Å². The zero-order valence-electron chi connectivity index (χ0n) is 23.8. The van der Waals surface area contributed by atoms with Crippen LogP contribution in [0.25, 0.3) is 0 Å². The van der Waals surface area contributed by atoms with Crippen molar-refractivity contribution in [2.45, 2.75) is 13.8 Å². The number of carboxylic acid groups (broad SMARTS) is 1. The first-order chi connectivity index (χ1) is 20.4. The average Bonchev–Trinajstić information content (AvgIpc) is 3.75. The normalized spacial score (nSPS) is 12.8. The summed E-state index contributed by atoms with van der Waals surface area (Å²) in [4.78, 5) is 42.2. The van der Waals surface area contributed by atoms with E-state index in [1.54, 1.807) is 25.2 Å². The minimum Gasteiger partial charge on any atom is -0.478 e. The summed E-state index contributed by atoms with van der Waals surface area (Å²) in [7, 11) is 1.68. The van der Waals surface area contributed by atoms with Crippen LogP contribution in [0.2, 0.25) is 0 Å². The maximum absolute atomic E-state index is 12.2. The number of rotatable bonds is 8. The molecule has 2 aliphatic rings. The molecule has 3 amide bonds. The molecule has 12 heteroatoms. The van der Waals surface area contributed by atoms with Crippen molar-refractivity contribution >= 4 is 52.8 Å². The molecule has 7 N–H and O–H groups in total. The van der Waals surface area contributed by atoms with Crippen LogP contribution in [-0.2, 0) is 4.79 Å². The van der Waals surface area contributed by atoms with Gasteiger partial charge in [-0.25, -0.2) is 9.59 Å². The molecule has 0 atom stereocenters. The summed E-state index contributed by atoms with van der Waals surface area (Å²) < 4.78 is 0. The Morgan fingerprint density at radius 1 is 0.762 bits per heavy atom. The SMILES string of the molecule is CC.CNc1cc(NC(=O)Nc2ccc(C3=NCCN3)cc2)cc(C(=O)O)c1.O=CNc1ccc(C2=NCCN2)cc1. The number of aliphatic imine (C=N–C) groups is 2. The average molecular weight is 573 g/mol. The highest BCUT2D eigenvalue weighted by Gasteiger charge is 2.11. The number of benzene rings is 3. The Hall–Kier alpha value is -5.39. The van der Waals surface area contributed by atoms with Gasteiger partial charge in [0, 0.05) is 54.0 Å². The number of carbonyl (C=O) groups is 3. The van der Waals surface area contributed by atoms with Gasteiger partial charge in [0.05, 0.1) is 18.7 Å². The highest BCUT2D eigenvalue weighted by atomic mass is 16.4. The lowest BCUT2D eigenvalue weighted by molar-refractivity contribution is -0.105. The molecule has 12 nitrogen and oxygen atoms in total. The third-order valence-corrected chi connectivity index (χ3v) is 5.87. The Kier molecular flexibility index (Phi) is 11.9. The molecule has 3 aromatic carbocycles. The minimum absolute atomic E-state index is 0.0846. The summed E-state index contributed by atoms with van der Waals surface area (Å²) in [5.41, 5.74) is 4.49. The highest BCUT2D eigenvalue weighted by Crippen LogP contribution is 2.20. The Bertz CT molecular complexity index is 1420. The van der Waals surface area contributed by atoms with Gasteiger partial charge in [0.15, 0.2) is 0 Å². The van der Waals surface area contributed by atoms with E-state index in [1.165, 1.54) is 12.1 Å². The largest absolute Gasteiger partial charge is 0.478 e. The van der Waals surface area contributed by atoms with Gasteiger partial charge in [-0.05, 0) is 66.7 Å². The summed E-state index contributed by atoms with van der Waals surface area (Å²) in [6.45, 7) is 7.34. The number of hydrogen-bond donors (Lipinski definition) is 7. The highest BCUT2D eigenvalue weighted by molar-refractivity contribution is 6.03. The number of amidine groups is 2. The Morgan fingerprint density at radius 3 is 1.71 bits per heavy atom. The third-order valence-electron chi connectivity index (χ3n) is 5.87. The van der Waals surface area contributed by atoms with Crippen molar-refractivity contribution in [3.8, 4) is 0 Å². The topological polar surface area (TPSA) is 168 Å². The number of carbonyl (C=O) groups excluding carboxylic acids is 2. The molecular formula is C30H36N8O4. The van der Waals surface area contributed by atoms with Crippen molar-refractivity contribution in [1.29, 1.82) is 0 Å². The number of nitrogens with zero attached hydrogens (tertiary/aromatic N) is 2. The van der Waals surface area contributed by atoms with E-state index in [2.05, 4.69) is 41.9 Å². The van der Waals surface area contributed by atoms with Crippen LogP contribution in [0.3, 0.4) is 0 Å². The molecule has 0 radical (unpaired) electrons. The molecule has 220 valence electrons. The van der Waals surface area contributed by atoms with Gasteiger partial charge in [-0.15, -0.1) is 0 Å². The van der Waals surface area contributed by atoms with E-state index >= 15 is 0 Å². The smallest absolute Gasteiger partial charge is 0.335 e. The molecule has 2 heterocycles. The fraction of sp³-hybridized carbons (Fsp3) is 0.233. The van der Waals surface area contributed by atoms with Crippen molar-refractivity contribution < 1.29 is 19.5 Å². The molecular weight excluding hydrogens is 536 g/mol. The van der Waals surface area contributed by atoms with Crippen molar-refractivity contribution in [1.82, 2.24) is 10.6 Å². The Morgan fingerprint density at radius 2 is 1.26 bits per heavy atom. The predicted octanol–water partition coefficient (Wildman–Crippen LogP) is 4.05. The fourth-order valence-electron chi connectivity index (χ4n) is 3.95. The number of hydrogen-bond acceptors (Lipinski definition) is 8. The molecule has 0 unspecified atom stereocenters. The molecule has 5 rings (SSSR count). The van der Waals surface area contributed by atoms with E-state index in [0.717, 1.165) is 54.7 Å². The van der Waals surface area contributed by atoms with Crippen molar-refractivity contribution in [3.05, 3.63) is 83.4 Å². The third kappa shape index (κ3) is 9.08. The zero-order chi connectivity index (χ0) is 30.3. The molecule has 42 heavy (non-hydrogen) atoms. The van der Waals surface area contributed by atoms with Crippen LogP contribution < -0.4 is 31.9 Å². The first kappa shape index (κ1) is 31.1. The van der Waals surface area contributed by atoms with Crippen molar-refractivity contribution in [2.24, 2.45) is 9.98 Å². The van der Waals surface area contributed by atoms with E-state index < -0.39 is 12.0 Å². The number of nitrogens with one attached hydrogen (secondary N) is 6. The second kappa shape index (κ2) is 16.0. The molecule has 2 aliphatic heterocycles. The van der Waals surface area contributed by atoms with Crippen molar-refractivity contribution in [3.63, 3.8) is 0 Å². The van der Waals surface area contributed by atoms with E-state index in [9.17, 15) is 14.4 Å². The molecule has 0 fully saturated rings. The van der Waals surface area contributed by atoms with E-state index in [-0.39, 0.29) is 5.56 Å². The van der Waals surface area contributed by atoms with Gasteiger partial charge in [-0.2, -0.15) is 0 Å². The lowest BCUT2D eigenvalue weighted by atomic mass is 10.1. The lowest BCUT2D eigenvalue weighted by Gasteiger charge is -2.11. The van der Waals surface area contributed by atoms with Crippen LogP contribution in [0.5, 0.6) is 0 Å². The van der Waals surface area contributed by atoms with Gasteiger partial charge in [-0.3, -0.25) is 14.8 Å². The molecule has 0 aliphatic carbocycles. The van der Waals surface area contributed by atoms with Crippen LogP contribution in [0.15, 0.2) is 76.7 Å². The number of amides is 3. The van der Waals surface area contributed by atoms with Crippen LogP contribution in [0.1, 0.15) is 35.3 Å². The first-order valence-electron chi connectivity index (χ1n) is 13.6.